The van der Waals surface area contributed by atoms with Gasteiger partial charge in [-0.1, -0.05) is 13.8 Å². The highest BCUT2D eigenvalue weighted by Crippen LogP contribution is 2.12. The van der Waals surface area contributed by atoms with E-state index >= 15 is 0 Å². The van der Waals surface area contributed by atoms with E-state index in [-0.39, 0.29) is 11.8 Å². The van der Waals surface area contributed by atoms with E-state index in [0.717, 1.165) is 0 Å². The van der Waals surface area contributed by atoms with Crippen LogP contribution >= 0.6 is 0 Å². The molecule has 5 nitrogen and oxygen atoms in total. The molecule has 1 atom stereocenters. The van der Waals surface area contributed by atoms with Crippen LogP contribution in [0.3, 0.4) is 0 Å². The predicted octanol–water partition coefficient (Wildman–Crippen LogP) is 1.69. The van der Waals surface area contributed by atoms with Gasteiger partial charge in [0, 0.05) is 0 Å². The molecule has 0 aliphatic heterocycles. The Labute approximate surface area is 94.8 Å². The Balaban J connectivity index is 2.78. The molecule has 0 bridgehead atoms. The lowest BCUT2D eigenvalue weighted by Crippen LogP contribution is -2.20. The van der Waals surface area contributed by atoms with Crippen LogP contribution in [0.15, 0.2) is 12.4 Å². The lowest BCUT2D eigenvalue weighted by atomic mass is 10.1. The van der Waals surface area contributed by atoms with Gasteiger partial charge in [-0.3, -0.25) is 4.98 Å². The number of hydrogen-bond acceptors (Lipinski definition) is 5. The third kappa shape index (κ3) is 3.18. The Bertz CT molecular complexity index is 366. The van der Waals surface area contributed by atoms with E-state index in [1.54, 1.807) is 0 Å². The maximum atomic E-state index is 11.2. The predicted molar refractivity (Wildman–Crippen MR) is 58.3 cm³/mol. The fourth-order valence-electron chi connectivity index (χ4n) is 0.934. The van der Waals surface area contributed by atoms with Crippen molar-refractivity contribution in [1.82, 2.24) is 9.97 Å². The summed E-state index contributed by atoms with van der Waals surface area (Å²) in [5.41, 5.74) is 0.149. The number of rotatable bonds is 4. The Hall–Kier alpha value is -1.65. The summed E-state index contributed by atoms with van der Waals surface area (Å²) >= 11 is 0. The zero-order chi connectivity index (χ0) is 12.1. The largest absolute Gasteiger partial charge is 0.473 e. The van der Waals surface area contributed by atoms with Crippen LogP contribution in [-0.2, 0) is 4.74 Å². The summed E-state index contributed by atoms with van der Waals surface area (Å²) in [6, 6.07) is 0. The van der Waals surface area contributed by atoms with E-state index in [9.17, 15) is 4.79 Å². The molecule has 0 N–H and O–H groups in total. The zero-order valence-electron chi connectivity index (χ0n) is 9.93. The van der Waals surface area contributed by atoms with Crippen LogP contribution in [0.1, 0.15) is 31.3 Å². The number of esters is 1. The van der Waals surface area contributed by atoms with Crippen molar-refractivity contribution in [2.75, 3.05) is 7.11 Å². The SMILES string of the molecule is COC(=O)c1cncc(OC(C)C(C)C)n1. The van der Waals surface area contributed by atoms with Crippen LogP contribution in [0.4, 0.5) is 0 Å². The average molecular weight is 224 g/mol. The monoisotopic (exact) mass is 224 g/mol. The van der Waals surface area contributed by atoms with E-state index < -0.39 is 5.97 Å². The Kier molecular flexibility index (Phi) is 4.22. The molecule has 0 amide bonds. The van der Waals surface area contributed by atoms with Crippen LogP contribution in [0.2, 0.25) is 0 Å². The lowest BCUT2D eigenvalue weighted by Gasteiger charge is -2.16. The molecule has 1 heterocycles. The molecule has 0 fully saturated rings. The summed E-state index contributed by atoms with van der Waals surface area (Å²) in [4.78, 5) is 19.1. The third-order valence-corrected chi connectivity index (χ3v) is 2.25. The number of nitrogens with zero attached hydrogens (tertiary/aromatic N) is 2. The van der Waals surface area contributed by atoms with Crippen LogP contribution in [0, 0.1) is 5.92 Å². The third-order valence-electron chi connectivity index (χ3n) is 2.25. The number of hydrogen-bond donors (Lipinski definition) is 0. The molecule has 0 saturated heterocycles. The summed E-state index contributed by atoms with van der Waals surface area (Å²) in [5.74, 6) is 0.183. The molecule has 16 heavy (non-hydrogen) atoms. The van der Waals surface area contributed by atoms with Crippen LogP contribution in [-0.4, -0.2) is 29.2 Å². The van der Waals surface area contributed by atoms with Crippen LogP contribution in [0.5, 0.6) is 5.88 Å². The van der Waals surface area contributed by atoms with Gasteiger partial charge in [-0.25, -0.2) is 9.78 Å². The van der Waals surface area contributed by atoms with Gasteiger partial charge in [-0.05, 0) is 12.8 Å². The highest BCUT2D eigenvalue weighted by atomic mass is 16.5. The van der Waals surface area contributed by atoms with Crippen molar-refractivity contribution >= 4 is 5.97 Å². The van der Waals surface area contributed by atoms with Gasteiger partial charge in [0.1, 0.15) is 0 Å². The number of carbonyl (C=O) groups is 1. The summed E-state index contributed by atoms with van der Waals surface area (Å²) in [6.07, 6.45) is 2.84. The van der Waals surface area contributed by atoms with E-state index in [2.05, 4.69) is 14.7 Å². The van der Waals surface area contributed by atoms with Crippen LogP contribution in [0.25, 0.3) is 0 Å². The van der Waals surface area contributed by atoms with Crippen LogP contribution < -0.4 is 4.74 Å². The molecule has 0 aliphatic carbocycles. The number of carbonyl (C=O) groups excluding carboxylic acids is 1. The molecular weight excluding hydrogens is 208 g/mol. The topological polar surface area (TPSA) is 61.3 Å². The lowest BCUT2D eigenvalue weighted by molar-refractivity contribution is 0.0590. The highest BCUT2D eigenvalue weighted by Gasteiger charge is 2.13. The maximum absolute atomic E-state index is 11.2. The van der Waals surface area contributed by atoms with Gasteiger partial charge in [0.15, 0.2) is 5.69 Å². The van der Waals surface area contributed by atoms with E-state index in [1.165, 1.54) is 19.5 Å². The summed E-state index contributed by atoms with van der Waals surface area (Å²) in [5, 5.41) is 0. The summed E-state index contributed by atoms with van der Waals surface area (Å²) < 4.78 is 10.1. The van der Waals surface area contributed by atoms with Gasteiger partial charge in [0.25, 0.3) is 0 Å². The quantitative estimate of drug-likeness (QED) is 0.728. The van der Waals surface area contributed by atoms with Crippen molar-refractivity contribution in [2.24, 2.45) is 5.92 Å². The normalized spacial score (nSPS) is 12.3. The van der Waals surface area contributed by atoms with Crippen molar-refractivity contribution in [3.8, 4) is 5.88 Å². The van der Waals surface area contributed by atoms with E-state index in [4.69, 9.17) is 4.74 Å². The van der Waals surface area contributed by atoms with Gasteiger partial charge in [0.2, 0.25) is 5.88 Å². The van der Waals surface area contributed by atoms with Gasteiger partial charge in [0.05, 0.1) is 25.6 Å². The molecule has 5 heteroatoms. The molecule has 1 unspecified atom stereocenters. The molecule has 1 aromatic rings. The molecule has 0 spiro atoms. The van der Waals surface area contributed by atoms with Crippen molar-refractivity contribution < 1.29 is 14.3 Å². The Morgan fingerprint density at radius 3 is 2.56 bits per heavy atom. The van der Waals surface area contributed by atoms with Gasteiger partial charge < -0.3 is 9.47 Å². The smallest absolute Gasteiger partial charge is 0.358 e. The van der Waals surface area contributed by atoms with Gasteiger partial charge in [-0.15, -0.1) is 0 Å². The fourth-order valence-corrected chi connectivity index (χ4v) is 0.934. The van der Waals surface area contributed by atoms with Gasteiger partial charge >= 0.3 is 5.97 Å². The molecule has 0 aromatic carbocycles. The van der Waals surface area contributed by atoms with Crippen molar-refractivity contribution in [2.45, 2.75) is 26.9 Å². The standard InChI is InChI=1S/C11H16N2O3/c1-7(2)8(3)16-10-6-12-5-9(13-10)11(14)15-4/h5-8H,1-4H3. The molecule has 88 valence electrons. The average Bonchev–Trinajstić information content (AvgIpc) is 2.28. The first kappa shape index (κ1) is 12.4. The first-order chi connectivity index (χ1) is 7.54. The second-order valence-electron chi connectivity index (χ2n) is 3.80. The molecule has 0 saturated carbocycles. The second-order valence-corrected chi connectivity index (χ2v) is 3.80. The zero-order valence-corrected chi connectivity index (χ0v) is 9.93. The molecule has 1 aromatic heterocycles. The van der Waals surface area contributed by atoms with Crippen molar-refractivity contribution in [1.29, 1.82) is 0 Å². The van der Waals surface area contributed by atoms with Crippen molar-refractivity contribution in [3.05, 3.63) is 18.1 Å². The number of aromatic nitrogens is 2. The summed E-state index contributed by atoms with van der Waals surface area (Å²) in [6.45, 7) is 6.03. The first-order valence-electron chi connectivity index (χ1n) is 5.11. The molecule has 0 aliphatic rings. The minimum atomic E-state index is -0.518. The van der Waals surface area contributed by atoms with Gasteiger partial charge in [-0.2, -0.15) is 0 Å². The molecule has 1 rings (SSSR count). The number of ether oxygens (including phenoxy) is 2. The fraction of sp³-hybridized carbons (Fsp3) is 0.545. The van der Waals surface area contributed by atoms with Crippen molar-refractivity contribution in [3.63, 3.8) is 0 Å². The van der Waals surface area contributed by atoms with E-state index in [0.29, 0.717) is 11.8 Å². The minimum Gasteiger partial charge on any atom is -0.473 e. The molecular formula is C11H16N2O3. The summed E-state index contributed by atoms with van der Waals surface area (Å²) in [7, 11) is 1.30. The Morgan fingerprint density at radius 1 is 1.31 bits per heavy atom. The highest BCUT2D eigenvalue weighted by molar-refractivity contribution is 5.86. The first-order valence-corrected chi connectivity index (χ1v) is 5.11. The van der Waals surface area contributed by atoms with E-state index in [1.807, 2.05) is 20.8 Å². The molecule has 0 radical (unpaired) electrons. The number of methoxy groups -OCH3 is 1. The second kappa shape index (κ2) is 5.44. The maximum Gasteiger partial charge on any atom is 0.358 e. The Morgan fingerprint density at radius 2 is 2.00 bits per heavy atom. The minimum absolute atomic E-state index is 0.0159.